The number of nitrogens with zero attached hydrogens (tertiary/aromatic N) is 1. The molecular formula is C24H30N2O4. The minimum atomic E-state index is -0.658. The van der Waals surface area contributed by atoms with Crippen molar-refractivity contribution in [2.75, 3.05) is 19.8 Å². The van der Waals surface area contributed by atoms with Crippen molar-refractivity contribution in [3.8, 4) is 5.75 Å². The molecule has 0 bridgehead atoms. The molecule has 30 heavy (non-hydrogen) atoms. The zero-order valence-corrected chi connectivity index (χ0v) is 18.0. The third-order valence-corrected chi connectivity index (χ3v) is 5.34. The summed E-state index contributed by atoms with van der Waals surface area (Å²) in [7, 11) is 1.92. The van der Waals surface area contributed by atoms with Gasteiger partial charge in [0.15, 0.2) is 0 Å². The molecule has 0 fully saturated rings. The number of carbonyl (C=O) groups is 1. The third-order valence-electron chi connectivity index (χ3n) is 5.34. The Balaban J connectivity index is 1.64. The second-order valence-electron chi connectivity index (χ2n) is 7.42. The number of aliphatic hydroxyl groups excluding tert-OH is 1. The molecule has 2 aromatic carbocycles. The molecule has 0 aliphatic heterocycles. The maximum atomic E-state index is 12.4. The van der Waals surface area contributed by atoms with Crippen LogP contribution in [0.5, 0.6) is 5.75 Å². The summed E-state index contributed by atoms with van der Waals surface area (Å²) in [6.07, 6.45) is -0.658. The summed E-state index contributed by atoms with van der Waals surface area (Å²) in [5.74, 6) is 0.269. The minimum absolute atomic E-state index is 0.136. The Morgan fingerprint density at radius 3 is 2.63 bits per heavy atom. The Morgan fingerprint density at radius 1 is 1.20 bits per heavy atom. The molecule has 6 nitrogen and oxygen atoms in total. The summed E-state index contributed by atoms with van der Waals surface area (Å²) in [6.45, 7) is 6.64. The number of hydrogen-bond donors (Lipinski definition) is 2. The molecule has 0 spiro atoms. The summed E-state index contributed by atoms with van der Waals surface area (Å²) < 4.78 is 13.0. The van der Waals surface area contributed by atoms with Gasteiger partial charge < -0.3 is 24.5 Å². The molecule has 1 heterocycles. The molecule has 3 rings (SSSR count). The Hall–Kier alpha value is -2.83. The van der Waals surface area contributed by atoms with Crippen molar-refractivity contribution >= 4 is 16.9 Å². The highest BCUT2D eigenvalue weighted by Gasteiger charge is 2.20. The van der Waals surface area contributed by atoms with E-state index in [0.29, 0.717) is 24.5 Å². The van der Waals surface area contributed by atoms with Crippen LogP contribution in [0, 0.1) is 6.92 Å². The summed E-state index contributed by atoms with van der Waals surface area (Å²) in [6, 6.07) is 15.8. The molecule has 0 aliphatic carbocycles. The van der Waals surface area contributed by atoms with Gasteiger partial charge >= 0.3 is 5.97 Å². The van der Waals surface area contributed by atoms with Gasteiger partial charge in [0.1, 0.15) is 18.5 Å². The molecule has 3 aromatic rings. The van der Waals surface area contributed by atoms with Crippen LogP contribution in [-0.2, 0) is 11.8 Å². The lowest BCUT2D eigenvalue weighted by molar-refractivity contribution is 0.0527. The molecule has 160 valence electrons. The lowest BCUT2D eigenvalue weighted by Gasteiger charge is -2.18. The number of aliphatic hydroxyl groups is 1. The van der Waals surface area contributed by atoms with Gasteiger partial charge in [0.2, 0.25) is 0 Å². The first-order chi connectivity index (χ1) is 14.4. The maximum Gasteiger partial charge on any atom is 0.340 e. The van der Waals surface area contributed by atoms with E-state index in [-0.39, 0.29) is 18.6 Å². The van der Waals surface area contributed by atoms with E-state index < -0.39 is 6.10 Å². The quantitative estimate of drug-likeness (QED) is 0.526. The minimum Gasteiger partial charge on any atom is -0.491 e. The molecule has 2 unspecified atom stereocenters. The highest BCUT2D eigenvalue weighted by atomic mass is 16.5. The van der Waals surface area contributed by atoms with Crippen molar-refractivity contribution in [3.05, 3.63) is 65.4 Å². The van der Waals surface area contributed by atoms with Gasteiger partial charge in [0.25, 0.3) is 0 Å². The topological polar surface area (TPSA) is 72.7 Å². The van der Waals surface area contributed by atoms with Crippen LogP contribution in [0.3, 0.4) is 0 Å². The average Bonchev–Trinajstić information content (AvgIpc) is 3.01. The molecule has 0 radical (unpaired) electrons. The molecule has 0 amide bonds. The standard InChI is InChI=1S/C24H30N2O4/c1-5-29-24(28)23-17(3)26(4)22-12-11-20(13-21(22)23)30-15-19(27)14-25-16(2)18-9-7-6-8-10-18/h6-13,16,19,25,27H,5,14-15H2,1-4H3. The molecule has 1 aromatic heterocycles. The fourth-order valence-electron chi connectivity index (χ4n) is 3.53. The molecule has 0 aliphatic rings. The van der Waals surface area contributed by atoms with E-state index in [4.69, 9.17) is 9.47 Å². The highest BCUT2D eigenvalue weighted by Crippen LogP contribution is 2.29. The fraction of sp³-hybridized carbons (Fsp3) is 0.375. The van der Waals surface area contributed by atoms with Gasteiger partial charge in [0.05, 0.1) is 12.2 Å². The van der Waals surface area contributed by atoms with Gasteiger partial charge in [-0.25, -0.2) is 4.79 Å². The largest absolute Gasteiger partial charge is 0.491 e. The number of carbonyl (C=O) groups excluding carboxylic acids is 1. The maximum absolute atomic E-state index is 12.4. The van der Waals surface area contributed by atoms with Crippen molar-refractivity contribution in [1.82, 2.24) is 9.88 Å². The van der Waals surface area contributed by atoms with Crippen LogP contribution in [0.25, 0.3) is 10.9 Å². The average molecular weight is 411 g/mol. The second kappa shape index (κ2) is 9.78. The monoisotopic (exact) mass is 410 g/mol. The van der Waals surface area contributed by atoms with Crippen LogP contribution in [0.1, 0.15) is 41.5 Å². The summed E-state index contributed by atoms with van der Waals surface area (Å²) in [4.78, 5) is 12.4. The number of rotatable bonds is 9. The smallest absolute Gasteiger partial charge is 0.340 e. The van der Waals surface area contributed by atoms with Gasteiger partial charge in [-0.1, -0.05) is 30.3 Å². The summed E-state index contributed by atoms with van der Waals surface area (Å²) in [5.41, 5.74) is 3.50. The van der Waals surface area contributed by atoms with E-state index in [0.717, 1.165) is 16.6 Å². The molecule has 0 saturated carbocycles. The lowest BCUT2D eigenvalue weighted by atomic mass is 10.1. The van der Waals surface area contributed by atoms with Crippen molar-refractivity contribution in [2.45, 2.75) is 32.9 Å². The van der Waals surface area contributed by atoms with Crippen LogP contribution in [0.4, 0.5) is 0 Å². The Morgan fingerprint density at radius 2 is 1.93 bits per heavy atom. The van der Waals surface area contributed by atoms with Gasteiger partial charge in [-0.05, 0) is 44.5 Å². The number of fused-ring (bicyclic) bond motifs is 1. The van der Waals surface area contributed by atoms with Crippen LogP contribution in [0.2, 0.25) is 0 Å². The van der Waals surface area contributed by atoms with E-state index >= 15 is 0 Å². The Kier molecular flexibility index (Phi) is 7.13. The number of hydrogen-bond acceptors (Lipinski definition) is 5. The number of aryl methyl sites for hydroxylation is 1. The van der Waals surface area contributed by atoms with Gasteiger partial charge in [-0.3, -0.25) is 0 Å². The zero-order chi connectivity index (χ0) is 21.7. The van der Waals surface area contributed by atoms with Crippen molar-refractivity contribution < 1.29 is 19.4 Å². The highest BCUT2D eigenvalue weighted by molar-refractivity contribution is 6.06. The van der Waals surface area contributed by atoms with Crippen LogP contribution < -0.4 is 10.1 Å². The van der Waals surface area contributed by atoms with Crippen LogP contribution >= 0.6 is 0 Å². The summed E-state index contributed by atoms with van der Waals surface area (Å²) >= 11 is 0. The Bertz CT molecular complexity index is 997. The number of benzene rings is 2. The third kappa shape index (κ3) is 4.83. The number of ether oxygens (including phenoxy) is 2. The molecule has 2 atom stereocenters. The van der Waals surface area contributed by atoms with Crippen LogP contribution in [-0.4, -0.2) is 41.5 Å². The number of aromatic nitrogens is 1. The summed E-state index contributed by atoms with van der Waals surface area (Å²) in [5, 5.41) is 14.4. The zero-order valence-electron chi connectivity index (χ0n) is 18.0. The van der Waals surface area contributed by atoms with Gasteiger partial charge in [0, 0.05) is 36.2 Å². The van der Waals surface area contributed by atoms with E-state index in [2.05, 4.69) is 24.4 Å². The van der Waals surface area contributed by atoms with E-state index in [1.165, 1.54) is 5.56 Å². The van der Waals surface area contributed by atoms with Gasteiger partial charge in [-0.15, -0.1) is 0 Å². The predicted molar refractivity (Wildman–Crippen MR) is 118 cm³/mol. The molecular weight excluding hydrogens is 380 g/mol. The Labute approximate surface area is 177 Å². The van der Waals surface area contributed by atoms with Crippen molar-refractivity contribution in [3.63, 3.8) is 0 Å². The molecule has 0 saturated heterocycles. The van der Waals surface area contributed by atoms with Crippen molar-refractivity contribution in [2.24, 2.45) is 7.05 Å². The fourth-order valence-corrected chi connectivity index (χ4v) is 3.53. The first kappa shape index (κ1) is 21.9. The lowest BCUT2D eigenvalue weighted by Crippen LogP contribution is -2.33. The number of nitrogens with one attached hydrogen (secondary N) is 1. The first-order valence-corrected chi connectivity index (χ1v) is 10.3. The van der Waals surface area contributed by atoms with E-state index in [1.807, 2.05) is 54.9 Å². The molecule has 6 heteroatoms. The number of esters is 1. The first-order valence-electron chi connectivity index (χ1n) is 10.3. The normalized spacial score (nSPS) is 13.2. The van der Waals surface area contributed by atoms with E-state index in [9.17, 15) is 9.90 Å². The SMILES string of the molecule is CCOC(=O)c1c(C)n(C)c2ccc(OCC(O)CNC(C)c3ccccc3)cc12. The van der Waals surface area contributed by atoms with Crippen LogP contribution in [0.15, 0.2) is 48.5 Å². The van der Waals surface area contributed by atoms with Crippen molar-refractivity contribution in [1.29, 1.82) is 0 Å². The second-order valence-corrected chi connectivity index (χ2v) is 7.42. The molecule has 2 N–H and O–H groups in total. The van der Waals surface area contributed by atoms with E-state index in [1.54, 1.807) is 6.92 Å². The predicted octanol–water partition coefficient (Wildman–Crippen LogP) is 3.75. The van der Waals surface area contributed by atoms with Gasteiger partial charge in [-0.2, -0.15) is 0 Å².